The smallest absolute Gasteiger partial charge is 0.200 e. The number of nitrogens with one attached hydrogen (secondary N) is 1. The van der Waals surface area contributed by atoms with E-state index in [1.807, 2.05) is 6.92 Å². The van der Waals surface area contributed by atoms with Gasteiger partial charge in [0, 0.05) is 25.2 Å². The summed E-state index contributed by atoms with van der Waals surface area (Å²) in [7, 11) is 0. The number of aromatic nitrogens is 4. The van der Waals surface area contributed by atoms with E-state index in [0.29, 0.717) is 12.1 Å². The minimum atomic E-state index is 0.161. The predicted molar refractivity (Wildman–Crippen MR) is 103 cm³/mol. The summed E-state index contributed by atoms with van der Waals surface area (Å²) in [5.74, 6) is 0. The standard InChI is InChI=1S/C20H24N6O/c1-13-14(2)24-26-12-21-23-20(26)19(13)22-16-8-17-11-27-18(10-25(17)9-16)15-6-4-3-5-7-15/h3-7,12,16-18,22H,8-11H2,1-2H3/t16-,17+,18-/m1/s1. The van der Waals surface area contributed by atoms with E-state index in [2.05, 4.69) is 62.8 Å². The Morgan fingerprint density at radius 1 is 1.15 bits per heavy atom. The molecule has 27 heavy (non-hydrogen) atoms. The van der Waals surface area contributed by atoms with Gasteiger partial charge in [-0.05, 0) is 31.4 Å². The van der Waals surface area contributed by atoms with Gasteiger partial charge in [0.05, 0.1) is 24.1 Å². The van der Waals surface area contributed by atoms with Gasteiger partial charge in [-0.1, -0.05) is 30.3 Å². The topological polar surface area (TPSA) is 67.6 Å². The van der Waals surface area contributed by atoms with Crippen molar-refractivity contribution < 1.29 is 4.74 Å². The number of hydrogen-bond donors (Lipinski definition) is 1. The van der Waals surface area contributed by atoms with Gasteiger partial charge in [-0.3, -0.25) is 4.90 Å². The molecule has 2 saturated heterocycles. The molecule has 0 spiro atoms. The van der Waals surface area contributed by atoms with Crippen LogP contribution in [0.15, 0.2) is 36.7 Å². The molecule has 4 heterocycles. The van der Waals surface area contributed by atoms with Gasteiger partial charge < -0.3 is 10.1 Å². The van der Waals surface area contributed by atoms with Gasteiger partial charge >= 0.3 is 0 Å². The first kappa shape index (κ1) is 16.6. The van der Waals surface area contributed by atoms with E-state index >= 15 is 0 Å². The first-order chi connectivity index (χ1) is 13.2. The van der Waals surface area contributed by atoms with Crippen molar-refractivity contribution in [1.29, 1.82) is 0 Å². The predicted octanol–water partition coefficient (Wildman–Crippen LogP) is 2.37. The fourth-order valence-electron chi connectivity index (χ4n) is 4.28. The third kappa shape index (κ3) is 2.96. The van der Waals surface area contributed by atoms with Crippen molar-refractivity contribution in [2.45, 2.75) is 38.5 Å². The fourth-order valence-corrected chi connectivity index (χ4v) is 4.28. The maximum Gasteiger partial charge on any atom is 0.200 e. The molecule has 0 bridgehead atoms. The Hall–Kier alpha value is -2.51. The Bertz CT molecular complexity index is 956. The molecular weight excluding hydrogens is 340 g/mol. The first-order valence-electron chi connectivity index (χ1n) is 9.53. The third-order valence-corrected chi connectivity index (χ3v) is 5.87. The summed E-state index contributed by atoms with van der Waals surface area (Å²) in [5.41, 5.74) is 5.23. The van der Waals surface area contributed by atoms with Crippen LogP contribution in [0, 0.1) is 13.8 Å². The third-order valence-electron chi connectivity index (χ3n) is 5.87. The number of hydrogen-bond acceptors (Lipinski definition) is 6. The summed E-state index contributed by atoms with van der Waals surface area (Å²) in [6.45, 7) is 6.86. The second kappa shape index (κ2) is 6.58. The molecule has 140 valence electrons. The van der Waals surface area contributed by atoms with Gasteiger partial charge in [-0.25, -0.2) is 0 Å². The molecule has 1 N–H and O–H groups in total. The first-order valence-corrected chi connectivity index (χ1v) is 9.53. The van der Waals surface area contributed by atoms with Crippen molar-refractivity contribution >= 4 is 11.3 Å². The Morgan fingerprint density at radius 3 is 2.85 bits per heavy atom. The SMILES string of the molecule is Cc1nn2cnnc2c(N[C@@H]2C[C@H]3CO[C@@H](c4ccccc4)CN3C2)c1C. The lowest BCUT2D eigenvalue weighted by Crippen LogP contribution is -2.42. The maximum atomic E-state index is 6.17. The van der Waals surface area contributed by atoms with E-state index in [1.165, 1.54) is 5.56 Å². The molecule has 0 saturated carbocycles. The summed E-state index contributed by atoms with van der Waals surface area (Å²) in [6.07, 6.45) is 2.89. The molecule has 3 atom stereocenters. The molecule has 0 unspecified atom stereocenters. The average Bonchev–Trinajstić information content (AvgIpc) is 3.31. The van der Waals surface area contributed by atoms with Crippen molar-refractivity contribution in [2.75, 3.05) is 25.0 Å². The lowest BCUT2D eigenvalue weighted by molar-refractivity contribution is -0.0501. The number of ether oxygens (including phenoxy) is 1. The Morgan fingerprint density at radius 2 is 2.00 bits per heavy atom. The van der Waals surface area contributed by atoms with Gasteiger partial charge in [0.2, 0.25) is 5.65 Å². The molecule has 0 aliphatic carbocycles. The lowest BCUT2D eigenvalue weighted by atomic mass is 10.1. The molecule has 5 rings (SSSR count). The minimum absolute atomic E-state index is 0.161. The molecule has 2 aliphatic heterocycles. The second-order valence-electron chi connectivity index (χ2n) is 7.60. The van der Waals surface area contributed by atoms with Crippen LogP contribution < -0.4 is 5.32 Å². The summed E-state index contributed by atoms with van der Waals surface area (Å²) in [5, 5.41) is 16.5. The van der Waals surface area contributed by atoms with E-state index in [0.717, 1.165) is 48.7 Å². The zero-order chi connectivity index (χ0) is 18.4. The van der Waals surface area contributed by atoms with E-state index in [9.17, 15) is 0 Å². The van der Waals surface area contributed by atoms with E-state index in [1.54, 1.807) is 10.8 Å². The quantitative estimate of drug-likeness (QED) is 0.770. The summed E-state index contributed by atoms with van der Waals surface area (Å²) in [4.78, 5) is 2.56. The molecule has 0 radical (unpaired) electrons. The molecule has 2 fully saturated rings. The number of aryl methyl sites for hydroxylation is 1. The second-order valence-corrected chi connectivity index (χ2v) is 7.60. The lowest BCUT2D eigenvalue weighted by Gasteiger charge is -2.35. The van der Waals surface area contributed by atoms with Crippen molar-refractivity contribution in [3.63, 3.8) is 0 Å². The van der Waals surface area contributed by atoms with Crippen molar-refractivity contribution in [2.24, 2.45) is 0 Å². The number of anilines is 1. The molecule has 1 aromatic carbocycles. The van der Waals surface area contributed by atoms with E-state index < -0.39 is 0 Å². The van der Waals surface area contributed by atoms with Crippen LogP contribution in [-0.2, 0) is 4.74 Å². The van der Waals surface area contributed by atoms with Crippen molar-refractivity contribution in [1.82, 2.24) is 24.7 Å². The maximum absolute atomic E-state index is 6.17. The number of fused-ring (bicyclic) bond motifs is 2. The van der Waals surface area contributed by atoms with Crippen LogP contribution in [0.2, 0.25) is 0 Å². The Kier molecular flexibility index (Phi) is 4.06. The van der Waals surface area contributed by atoms with Crippen LogP contribution in [0.1, 0.15) is 29.3 Å². The van der Waals surface area contributed by atoms with Crippen LogP contribution in [-0.4, -0.2) is 56.5 Å². The highest BCUT2D eigenvalue weighted by Gasteiger charge is 2.38. The summed E-state index contributed by atoms with van der Waals surface area (Å²) >= 11 is 0. The molecular formula is C20H24N6O. The number of rotatable bonds is 3. The van der Waals surface area contributed by atoms with Crippen molar-refractivity contribution in [3.05, 3.63) is 53.5 Å². The Balaban J connectivity index is 1.33. The van der Waals surface area contributed by atoms with Crippen LogP contribution in [0.3, 0.4) is 0 Å². The molecule has 7 nitrogen and oxygen atoms in total. The van der Waals surface area contributed by atoms with Crippen molar-refractivity contribution in [3.8, 4) is 0 Å². The Labute approximate surface area is 158 Å². The molecule has 7 heteroatoms. The van der Waals surface area contributed by atoms with Crippen LogP contribution >= 0.6 is 0 Å². The highest BCUT2D eigenvalue weighted by molar-refractivity contribution is 5.71. The van der Waals surface area contributed by atoms with Gasteiger partial charge in [0.15, 0.2) is 0 Å². The van der Waals surface area contributed by atoms with Gasteiger partial charge in [-0.15, -0.1) is 10.2 Å². The molecule has 2 aromatic heterocycles. The van der Waals surface area contributed by atoms with Gasteiger partial charge in [0.25, 0.3) is 0 Å². The normalized spacial score (nSPS) is 25.6. The average molecular weight is 364 g/mol. The number of benzene rings is 1. The minimum Gasteiger partial charge on any atom is -0.378 e. The molecule has 3 aromatic rings. The largest absolute Gasteiger partial charge is 0.378 e. The summed E-state index contributed by atoms with van der Waals surface area (Å²) in [6, 6.07) is 11.4. The van der Waals surface area contributed by atoms with Crippen LogP contribution in [0.5, 0.6) is 0 Å². The van der Waals surface area contributed by atoms with E-state index in [-0.39, 0.29) is 6.10 Å². The molecule has 0 amide bonds. The van der Waals surface area contributed by atoms with Crippen LogP contribution in [0.4, 0.5) is 5.69 Å². The monoisotopic (exact) mass is 364 g/mol. The van der Waals surface area contributed by atoms with Crippen LogP contribution in [0.25, 0.3) is 5.65 Å². The zero-order valence-electron chi connectivity index (χ0n) is 15.7. The van der Waals surface area contributed by atoms with Gasteiger partial charge in [0.1, 0.15) is 6.33 Å². The van der Waals surface area contributed by atoms with E-state index in [4.69, 9.17) is 4.74 Å². The highest BCUT2D eigenvalue weighted by Crippen LogP contribution is 2.32. The fraction of sp³-hybridized carbons (Fsp3) is 0.450. The summed E-state index contributed by atoms with van der Waals surface area (Å²) < 4.78 is 7.92. The number of morpholine rings is 1. The number of nitrogens with zero attached hydrogens (tertiary/aromatic N) is 5. The zero-order valence-corrected chi connectivity index (χ0v) is 15.7. The molecule has 2 aliphatic rings. The van der Waals surface area contributed by atoms with Gasteiger partial charge in [-0.2, -0.15) is 9.61 Å². The highest BCUT2D eigenvalue weighted by atomic mass is 16.5.